The Morgan fingerprint density at radius 2 is 1.71 bits per heavy atom. The third kappa shape index (κ3) is 4.04. The molecular weight excluding hydrogens is 350 g/mol. The first-order valence-electron chi connectivity index (χ1n) is 10.3. The Morgan fingerprint density at radius 1 is 1.11 bits per heavy atom. The number of aromatic nitrogens is 2. The molecule has 0 spiro atoms. The van der Waals surface area contributed by atoms with Crippen molar-refractivity contribution in [3.05, 3.63) is 53.9 Å². The predicted octanol–water partition coefficient (Wildman–Crippen LogP) is 2.49. The number of nitrogens with one attached hydrogen (secondary N) is 1. The lowest BCUT2D eigenvalue weighted by molar-refractivity contribution is 0.135. The van der Waals surface area contributed by atoms with Gasteiger partial charge in [-0.25, -0.2) is 9.97 Å². The van der Waals surface area contributed by atoms with Gasteiger partial charge in [-0.1, -0.05) is 24.3 Å². The molecule has 0 radical (unpaired) electrons. The summed E-state index contributed by atoms with van der Waals surface area (Å²) in [4.78, 5) is 13.7. The number of aliphatic hydroxyl groups excluding tert-OH is 1. The van der Waals surface area contributed by atoms with E-state index in [1.807, 2.05) is 18.5 Å². The van der Waals surface area contributed by atoms with E-state index >= 15 is 0 Å². The number of aliphatic hydroxyl groups is 1. The molecule has 4 rings (SSSR count). The molecule has 0 amide bonds. The molecule has 150 valence electrons. The van der Waals surface area contributed by atoms with Crippen LogP contribution < -0.4 is 10.2 Å². The van der Waals surface area contributed by atoms with Gasteiger partial charge < -0.3 is 10.0 Å². The van der Waals surface area contributed by atoms with Crippen molar-refractivity contribution in [1.29, 1.82) is 0 Å². The summed E-state index contributed by atoms with van der Waals surface area (Å²) < 4.78 is 0. The fraction of sp³-hybridized carbons (Fsp3) is 0.545. The van der Waals surface area contributed by atoms with Crippen LogP contribution in [-0.4, -0.2) is 51.4 Å². The van der Waals surface area contributed by atoms with Crippen molar-refractivity contribution < 1.29 is 5.11 Å². The Balaban J connectivity index is 1.39. The Labute approximate surface area is 167 Å². The minimum Gasteiger partial charge on any atom is -0.379 e. The van der Waals surface area contributed by atoms with E-state index in [0.717, 1.165) is 38.4 Å². The molecule has 1 aliphatic heterocycles. The summed E-state index contributed by atoms with van der Waals surface area (Å²) in [5.41, 5.74) is 2.60. The van der Waals surface area contributed by atoms with Crippen molar-refractivity contribution in [1.82, 2.24) is 20.2 Å². The van der Waals surface area contributed by atoms with E-state index in [1.165, 1.54) is 11.1 Å². The number of anilines is 1. The van der Waals surface area contributed by atoms with Crippen LogP contribution in [0.4, 0.5) is 5.95 Å². The highest BCUT2D eigenvalue weighted by molar-refractivity contribution is 5.35. The van der Waals surface area contributed by atoms with E-state index in [-0.39, 0.29) is 5.54 Å². The summed E-state index contributed by atoms with van der Waals surface area (Å²) in [5.74, 6) is 0.826. The normalized spacial score (nSPS) is 25.5. The van der Waals surface area contributed by atoms with Gasteiger partial charge in [-0.15, -0.1) is 0 Å². The second kappa shape index (κ2) is 7.78. The van der Waals surface area contributed by atoms with Gasteiger partial charge in [0, 0.05) is 49.7 Å². The van der Waals surface area contributed by atoms with Crippen LogP contribution >= 0.6 is 0 Å². The fourth-order valence-electron chi connectivity index (χ4n) is 4.61. The molecule has 1 aromatic heterocycles. The van der Waals surface area contributed by atoms with Crippen LogP contribution in [0.3, 0.4) is 0 Å². The van der Waals surface area contributed by atoms with E-state index in [2.05, 4.69) is 63.2 Å². The molecule has 0 bridgehead atoms. The first-order valence-corrected chi connectivity index (χ1v) is 10.3. The Bertz CT molecular complexity index is 763. The van der Waals surface area contributed by atoms with E-state index < -0.39 is 6.23 Å². The second-order valence-corrected chi connectivity index (χ2v) is 8.45. The van der Waals surface area contributed by atoms with Gasteiger partial charge in [0.1, 0.15) is 6.23 Å². The number of benzene rings is 1. The fourth-order valence-corrected chi connectivity index (χ4v) is 4.61. The van der Waals surface area contributed by atoms with Gasteiger partial charge in [-0.2, -0.15) is 0 Å². The maximum absolute atomic E-state index is 9.68. The molecule has 3 atom stereocenters. The van der Waals surface area contributed by atoms with Gasteiger partial charge in [-0.05, 0) is 50.8 Å². The van der Waals surface area contributed by atoms with Crippen molar-refractivity contribution in [2.45, 2.75) is 64.0 Å². The molecule has 3 unspecified atom stereocenters. The summed E-state index contributed by atoms with van der Waals surface area (Å²) in [5, 5.41) is 13.0. The van der Waals surface area contributed by atoms with Crippen LogP contribution in [0.5, 0.6) is 0 Å². The minimum absolute atomic E-state index is 0.0168. The SMILES string of the molecule is CC(O)NC1(c2ccc(CN3CC(C)N(c4ncccn4)C(C)C3)cc2)CC1. The smallest absolute Gasteiger partial charge is 0.225 e. The van der Waals surface area contributed by atoms with Crippen LogP contribution in [-0.2, 0) is 12.1 Å². The largest absolute Gasteiger partial charge is 0.379 e. The zero-order valence-electron chi connectivity index (χ0n) is 17.0. The molecule has 2 N–H and O–H groups in total. The van der Waals surface area contributed by atoms with Gasteiger partial charge in [0.05, 0.1) is 0 Å². The molecule has 2 fully saturated rings. The number of nitrogens with zero attached hydrogens (tertiary/aromatic N) is 4. The second-order valence-electron chi connectivity index (χ2n) is 8.45. The molecular formula is C22H31N5O. The topological polar surface area (TPSA) is 64.5 Å². The average molecular weight is 382 g/mol. The van der Waals surface area contributed by atoms with Crippen LogP contribution in [0.1, 0.15) is 44.7 Å². The third-order valence-electron chi connectivity index (χ3n) is 5.93. The number of rotatable bonds is 6. The standard InChI is InChI=1S/C22H31N5O/c1-16-13-26(14-17(2)27(16)21-23-11-4-12-24-21)15-19-5-7-20(8-6-19)22(9-10-22)25-18(3)28/h4-8,11-12,16-18,25,28H,9-10,13-15H2,1-3H3. The van der Waals surface area contributed by atoms with Gasteiger partial charge in [0.2, 0.25) is 5.95 Å². The van der Waals surface area contributed by atoms with Crippen molar-refractivity contribution in [3.8, 4) is 0 Å². The predicted molar refractivity (Wildman–Crippen MR) is 111 cm³/mol. The Kier molecular flexibility index (Phi) is 5.36. The maximum atomic E-state index is 9.68. The summed E-state index contributed by atoms with van der Waals surface area (Å²) in [6, 6.07) is 11.5. The summed E-state index contributed by atoms with van der Waals surface area (Å²) in [6.07, 6.45) is 5.34. The summed E-state index contributed by atoms with van der Waals surface area (Å²) in [7, 11) is 0. The molecule has 1 saturated carbocycles. The average Bonchev–Trinajstić information content (AvgIpc) is 3.42. The minimum atomic E-state index is -0.477. The Hall–Kier alpha value is -2.02. The van der Waals surface area contributed by atoms with Crippen molar-refractivity contribution in [2.24, 2.45) is 0 Å². The van der Waals surface area contributed by atoms with Crippen LogP contribution in [0.25, 0.3) is 0 Å². The molecule has 2 aliphatic rings. The first kappa shape index (κ1) is 19.3. The van der Waals surface area contributed by atoms with E-state index in [4.69, 9.17) is 0 Å². The lowest BCUT2D eigenvalue weighted by Crippen LogP contribution is -2.57. The molecule has 2 heterocycles. The molecule has 1 saturated heterocycles. The maximum Gasteiger partial charge on any atom is 0.225 e. The highest BCUT2D eigenvalue weighted by atomic mass is 16.3. The number of hydrogen-bond donors (Lipinski definition) is 2. The van der Waals surface area contributed by atoms with E-state index in [1.54, 1.807) is 6.92 Å². The molecule has 1 aliphatic carbocycles. The van der Waals surface area contributed by atoms with E-state index in [0.29, 0.717) is 12.1 Å². The Morgan fingerprint density at radius 3 is 2.25 bits per heavy atom. The van der Waals surface area contributed by atoms with Crippen LogP contribution in [0.2, 0.25) is 0 Å². The third-order valence-corrected chi connectivity index (χ3v) is 5.93. The van der Waals surface area contributed by atoms with Gasteiger partial charge in [-0.3, -0.25) is 10.2 Å². The molecule has 28 heavy (non-hydrogen) atoms. The lowest BCUT2D eigenvalue weighted by Gasteiger charge is -2.44. The highest BCUT2D eigenvalue weighted by Crippen LogP contribution is 2.45. The van der Waals surface area contributed by atoms with Crippen LogP contribution in [0.15, 0.2) is 42.7 Å². The summed E-state index contributed by atoms with van der Waals surface area (Å²) in [6.45, 7) is 9.24. The van der Waals surface area contributed by atoms with Gasteiger partial charge >= 0.3 is 0 Å². The van der Waals surface area contributed by atoms with E-state index in [9.17, 15) is 5.11 Å². The lowest BCUT2D eigenvalue weighted by atomic mass is 10.0. The summed E-state index contributed by atoms with van der Waals surface area (Å²) >= 11 is 0. The first-order chi connectivity index (χ1) is 13.5. The zero-order valence-corrected chi connectivity index (χ0v) is 17.0. The van der Waals surface area contributed by atoms with Gasteiger partial charge in [0.15, 0.2) is 0 Å². The zero-order chi connectivity index (χ0) is 19.7. The number of piperazine rings is 1. The van der Waals surface area contributed by atoms with Crippen molar-refractivity contribution in [3.63, 3.8) is 0 Å². The quantitative estimate of drug-likeness (QED) is 0.750. The molecule has 2 aromatic rings. The molecule has 6 heteroatoms. The van der Waals surface area contributed by atoms with Crippen LogP contribution in [0, 0.1) is 0 Å². The monoisotopic (exact) mass is 381 g/mol. The van der Waals surface area contributed by atoms with Crippen molar-refractivity contribution in [2.75, 3.05) is 18.0 Å². The van der Waals surface area contributed by atoms with Crippen molar-refractivity contribution >= 4 is 5.95 Å². The highest BCUT2D eigenvalue weighted by Gasteiger charge is 2.44. The molecule has 1 aromatic carbocycles. The molecule has 6 nitrogen and oxygen atoms in total. The number of hydrogen-bond acceptors (Lipinski definition) is 6. The van der Waals surface area contributed by atoms with Gasteiger partial charge in [0.25, 0.3) is 0 Å².